The van der Waals surface area contributed by atoms with Gasteiger partial charge in [-0.2, -0.15) is 0 Å². The molecule has 0 aliphatic heterocycles. The first-order chi connectivity index (χ1) is 13.0. The molecule has 0 aromatic heterocycles. The summed E-state index contributed by atoms with van der Waals surface area (Å²) in [4.78, 5) is 0. The molecule has 3 nitrogen and oxygen atoms in total. The van der Waals surface area contributed by atoms with Gasteiger partial charge in [-0.3, -0.25) is 0 Å². The molecule has 0 aliphatic rings. The van der Waals surface area contributed by atoms with Crippen LogP contribution in [0.4, 0.5) is 0 Å². The minimum atomic E-state index is 0. The summed E-state index contributed by atoms with van der Waals surface area (Å²) in [7, 11) is 0. The van der Waals surface area contributed by atoms with Gasteiger partial charge < -0.3 is 5.21 Å². The molecule has 0 spiro atoms. The SMILES string of the molecule is C.C.C.C.CC.CC.CC.CC.CCC(C)C(C)CC.CCCC.NO.[2H]I.[3H]N=[Te]. The van der Waals surface area contributed by atoms with Crippen LogP contribution in [-0.2, 0) is 0 Å². The summed E-state index contributed by atoms with van der Waals surface area (Å²) >= 11 is 2.76. The summed E-state index contributed by atoms with van der Waals surface area (Å²) in [6.07, 6.45) is 5.30. The number of hydrogen-bond donors (Lipinski definition) is 3. The van der Waals surface area contributed by atoms with Gasteiger partial charge in [-0.05, 0) is 11.8 Å². The van der Waals surface area contributed by atoms with Crippen molar-refractivity contribution in [2.45, 2.75) is 152 Å². The standard InChI is InChI=1S/C8H18.C4H10.4C2H6.4CH4.HI.H3NO.HNTe/c1-5-7(3)8(4)6-2;1-3-4-2;4*1-2;;;;;;2*1-2/h7-8H,5-6H2,1-4H3;3-4H2,1-2H3;4*1-2H3;4*1H4;1H;2H,1H2;1H/i/hTD. The average molecular weight is 663 g/mol. The number of unbranched alkanes of at least 4 members (excludes halogenated alkanes) is 1. The average Bonchev–Trinajstić information content (AvgIpc) is 2.81. The van der Waals surface area contributed by atoms with Gasteiger partial charge in [0.1, 0.15) is 0.594 Å². The minimum absolute atomic E-state index is 0. The van der Waals surface area contributed by atoms with E-state index in [1.54, 1.807) is 0 Å². The van der Waals surface area contributed by atoms with Crippen LogP contribution < -0.4 is 5.90 Å². The first-order valence-electron chi connectivity index (χ1n) is 10.9. The molecule has 0 radical (unpaired) electrons. The predicted molar refractivity (Wildman–Crippen MR) is 162 cm³/mol. The van der Waals surface area contributed by atoms with Crippen LogP contribution in [0, 0.1) is 15.4 Å². The van der Waals surface area contributed by atoms with Crippen LogP contribution in [-0.4, -0.2) is 27.9 Å². The molecule has 2 atom stereocenters. The van der Waals surface area contributed by atoms with Gasteiger partial charge in [-0.25, -0.2) is 5.90 Å². The van der Waals surface area contributed by atoms with Crippen molar-refractivity contribution >= 4 is 45.9 Å². The van der Waals surface area contributed by atoms with E-state index in [9.17, 15) is 0 Å². The van der Waals surface area contributed by atoms with Crippen molar-refractivity contribution < 1.29 is 6.62 Å². The van der Waals surface area contributed by atoms with E-state index < -0.39 is 0 Å². The Kier molecular flexibility index (Phi) is 445. The fraction of sp³-hybridized carbons (Fsp3) is 1.00. The predicted octanol–water partition coefficient (Wildman–Crippen LogP) is 11.4. The zero-order valence-corrected chi connectivity index (χ0v) is 24.7. The first-order valence-corrected chi connectivity index (χ1v) is 11.1. The van der Waals surface area contributed by atoms with E-state index in [-0.39, 0.29) is 29.7 Å². The third-order valence-corrected chi connectivity index (χ3v) is 2.76. The van der Waals surface area contributed by atoms with Crippen molar-refractivity contribution in [2.24, 2.45) is 17.7 Å². The van der Waals surface area contributed by atoms with Gasteiger partial charge in [0.05, 0.1) is 0 Å². The Hall–Kier alpha value is 1.24. The van der Waals surface area contributed by atoms with Crippen LogP contribution in [0.2, 0.25) is 1.41 Å². The summed E-state index contributed by atoms with van der Waals surface area (Å²) in [6, 6.07) is 0. The van der Waals surface area contributed by atoms with Crippen LogP contribution in [0.3, 0.4) is 0 Å². The van der Waals surface area contributed by atoms with Gasteiger partial charge in [0.15, 0.2) is 0 Å². The molecule has 0 aromatic carbocycles. The van der Waals surface area contributed by atoms with Crippen LogP contribution in [0.15, 0.2) is 0 Å². The van der Waals surface area contributed by atoms with Gasteiger partial charge in [-0.15, -0.1) is 23.8 Å². The van der Waals surface area contributed by atoms with Gasteiger partial charge in [0.25, 0.3) is 0 Å². The molecule has 0 heterocycles. The fourth-order valence-corrected chi connectivity index (χ4v) is 0.805. The third-order valence-electron chi connectivity index (χ3n) is 2.76. The summed E-state index contributed by atoms with van der Waals surface area (Å²) < 4.78 is 14.3. The van der Waals surface area contributed by atoms with E-state index in [1.807, 2.05) is 55.4 Å². The second kappa shape index (κ2) is 185. The van der Waals surface area contributed by atoms with Gasteiger partial charge in [-0.1, -0.05) is 152 Å². The summed E-state index contributed by atoms with van der Waals surface area (Å²) in [6.45, 7) is 29.5. The van der Waals surface area contributed by atoms with Crippen LogP contribution >= 0.6 is 23.8 Å². The van der Waals surface area contributed by atoms with E-state index in [0.717, 1.165) is 11.8 Å². The number of nitrogens with one attached hydrogen (secondary N) is 1. The summed E-state index contributed by atoms with van der Waals surface area (Å²) in [5, 5.41) is 6.50. The van der Waals surface area contributed by atoms with Crippen molar-refractivity contribution in [2.75, 3.05) is 0 Å². The molecular weight excluding hydrogens is 587 g/mol. The molecule has 0 saturated carbocycles. The van der Waals surface area contributed by atoms with Crippen LogP contribution in [0.1, 0.15) is 152 Å². The van der Waals surface area contributed by atoms with Crippen molar-refractivity contribution in [3.8, 4) is 0 Å². The van der Waals surface area contributed by atoms with Crippen molar-refractivity contribution in [3.63, 3.8) is 0 Å². The van der Waals surface area contributed by atoms with Crippen molar-refractivity contribution in [1.82, 2.24) is 0 Å². The monoisotopic (exact) mass is 665 g/mol. The molecule has 0 aliphatic carbocycles. The normalized spacial score (nSPS) is 7.76. The molecule has 198 valence electrons. The van der Waals surface area contributed by atoms with E-state index >= 15 is 0 Å². The Morgan fingerprint density at radius 2 is 0.862 bits per heavy atom. The Bertz CT molecular complexity index is 124. The molecule has 0 saturated heterocycles. The number of halogens is 1. The summed E-state index contributed by atoms with van der Waals surface area (Å²) in [5.74, 6) is 5.33. The molecule has 29 heavy (non-hydrogen) atoms. The molecule has 5 heteroatoms. The quantitative estimate of drug-likeness (QED) is 0.159. The number of nitrogens with two attached hydrogens (primary N) is 1. The molecule has 4 N–H and O–H groups in total. The molecule has 0 bridgehead atoms. The van der Waals surface area contributed by atoms with E-state index in [0.29, 0.717) is 0 Å². The Balaban J connectivity index is -0.0000000114. The van der Waals surface area contributed by atoms with E-state index in [1.165, 1.54) is 71.6 Å². The van der Waals surface area contributed by atoms with Crippen LogP contribution in [0.5, 0.6) is 0 Å². The van der Waals surface area contributed by atoms with Gasteiger partial charge in [0.2, 0.25) is 0 Å². The maximum absolute atomic E-state index is 6.50. The Morgan fingerprint density at radius 3 is 0.897 bits per heavy atom. The third kappa shape index (κ3) is 207. The topological polar surface area (TPSA) is 70.1 Å². The fourth-order valence-electron chi connectivity index (χ4n) is 0.805. The molecule has 0 aromatic rings. The molecule has 0 fully saturated rings. The molecule has 0 amide bonds. The van der Waals surface area contributed by atoms with Gasteiger partial charge in [0, 0.05) is 0 Å². The Morgan fingerprint density at radius 1 is 0.759 bits per heavy atom. The maximum atomic E-state index is 6.50. The second-order valence-electron chi connectivity index (χ2n) is 3.77. The molecule has 2 unspecified atom stereocenters. The van der Waals surface area contributed by atoms with E-state index in [2.05, 4.69) is 51.0 Å². The molecule has 0 rings (SSSR count). The van der Waals surface area contributed by atoms with Crippen molar-refractivity contribution in [3.05, 3.63) is 0 Å². The summed E-state index contributed by atoms with van der Waals surface area (Å²) in [5.41, 5.74) is 0. The molecular formula is C24H73IN2OTe. The van der Waals surface area contributed by atoms with Gasteiger partial charge >= 0.3 is 27.1 Å². The van der Waals surface area contributed by atoms with Crippen LogP contribution in [0.25, 0.3) is 0 Å². The van der Waals surface area contributed by atoms with E-state index in [4.69, 9.17) is 7.21 Å². The van der Waals surface area contributed by atoms with Crippen molar-refractivity contribution in [1.29, 1.82) is 4.19 Å². The number of rotatable bonds is 4. The number of hydrogen-bond acceptors (Lipinski definition) is 3. The zero-order valence-electron chi connectivity index (χ0n) is 22.2. The zero-order chi connectivity index (χ0) is 24.7. The first kappa shape index (κ1) is 69.8. The Labute approximate surface area is 225 Å². The second-order valence-corrected chi connectivity index (χ2v) is 3.77.